The summed E-state index contributed by atoms with van der Waals surface area (Å²) < 4.78 is 31.5. The Bertz CT molecular complexity index is 310. The van der Waals surface area contributed by atoms with Gasteiger partial charge in [0.2, 0.25) is 0 Å². The fourth-order valence-electron chi connectivity index (χ4n) is 1.18. The van der Waals surface area contributed by atoms with Crippen molar-refractivity contribution in [1.82, 2.24) is 0 Å². The normalized spacial score (nSPS) is 14.7. The summed E-state index contributed by atoms with van der Waals surface area (Å²) in [4.78, 5) is 0. The molecular weight excluding hydrogens is 200 g/mol. The second kappa shape index (κ2) is 5.07. The van der Waals surface area contributed by atoms with E-state index in [2.05, 4.69) is 5.32 Å². The lowest BCUT2D eigenvalue weighted by atomic mass is 10.2. The van der Waals surface area contributed by atoms with Crippen molar-refractivity contribution in [2.24, 2.45) is 0 Å². The van der Waals surface area contributed by atoms with Crippen molar-refractivity contribution >= 4 is 5.69 Å². The molecule has 0 aliphatic rings. The quantitative estimate of drug-likeness (QED) is 0.833. The minimum absolute atomic E-state index is 0.103. The van der Waals surface area contributed by atoms with Crippen molar-refractivity contribution in [3.63, 3.8) is 0 Å². The number of hydrogen-bond acceptors (Lipinski definition) is 2. The second-order valence-electron chi connectivity index (χ2n) is 3.47. The highest BCUT2D eigenvalue weighted by atomic mass is 19.1. The van der Waals surface area contributed by atoms with Crippen LogP contribution in [0.2, 0.25) is 0 Å². The number of para-hydroxylation sites is 1. The predicted molar refractivity (Wildman–Crippen MR) is 55.9 cm³/mol. The zero-order chi connectivity index (χ0) is 11.4. The molecule has 1 aromatic rings. The molecule has 0 aliphatic heterocycles. The Morgan fingerprint density at radius 2 is 1.73 bits per heavy atom. The Morgan fingerprint density at radius 1 is 1.20 bits per heavy atom. The van der Waals surface area contributed by atoms with Gasteiger partial charge in [0, 0.05) is 13.2 Å². The molecular formula is C11H15F2NO. The summed E-state index contributed by atoms with van der Waals surface area (Å²) in [7, 11) is 1.56. The summed E-state index contributed by atoms with van der Waals surface area (Å²) in [6, 6.07) is 3.60. The van der Waals surface area contributed by atoms with Gasteiger partial charge in [-0.2, -0.15) is 0 Å². The second-order valence-corrected chi connectivity index (χ2v) is 3.47. The third-order valence-electron chi connectivity index (χ3n) is 2.41. The summed E-state index contributed by atoms with van der Waals surface area (Å²) in [5.41, 5.74) is -0.103. The molecule has 0 saturated heterocycles. The molecule has 0 saturated carbocycles. The maximum Gasteiger partial charge on any atom is 0.149 e. The van der Waals surface area contributed by atoms with Crippen LogP contribution in [-0.2, 0) is 4.74 Å². The molecule has 0 spiro atoms. The van der Waals surface area contributed by atoms with E-state index in [0.29, 0.717) is 0 Å². The average Bonchev–Trinajstić information content (AvgIpc) is 2.22. The molecule has 1 N–H and O–H groups in total. The van der Waals surface area contributed by atoms with Crippen molar-refractivity contribution in [1.29, 1.82) is 0 Å². The predicted octanol–water partition coefficient (Wildman–Crippen LogP) is 2.80. The SMILES string of the molecule is COC(C)C(C)Nc1c(F)cccc1F. The topological polar surface area (TPSA) is 21.3 Å². The van der Waals surface area contributed by atoms with Crippen molar-refractivity contribution in [2.45, 2.75) is 26.0 Å². The molecule has 2 nitrogen and oxygen atoms in total. The highest BCUT2D eigenvalue weighted by molar-refractivity contribution is 5.46. The van der Waals surface area contributed by atoms with Crippen LogP contribution >= 0.6 is 0 Å². The highest BCUT2D eigenvalue weighted by Gasteiger charge is 2.15. The van der Waals surface area contributed by atoms with Gasteiger partial charge in [-0.05, 0) is 26.0 Å². The third kappa shape index (κ3) is 2.89. The minimum atomic E-state index is -0.592. The standard InChI is InChI=1S/C11H15F2NO/c1-7(8(2)15-3)14-11-9(12)5-4-6-10(11)13/h4-8,14H,1-3H3. The molecule has 4 heteroatoms. The number of ether oxygens (including phenoxy) is 1. The first-order valence-corrected chi connectivity index (χ1v) is 4.79. The van der Waals surface area contributed by atoms with Gasteiger partial charge in [-0.3, -0.25) is 0 Å². The molecule has 84 valence electrons. The maximum absolute atomic E-state index is 13.2. The van der Waals surface area contributed by atoms with Gasteiger partial charge in [-0.15, -0.1) is 0 Å². The molecule has 0 radical (unpaired) electrons. The van der Waals surface area contributed by atoms with Crippen molar-refractivity contribution < 1.29 is 13.5 Å². The Morgan fingerprint density at radius 3 is 2.20 bits per heavy atom. The van der Waals surface area contributed by atoms with Crippen LogP contribution in [0.5, 0.6) is 0 Å². The fourth-order valence-corrected chi connectivity index (χ4v) is 1.18. The monoisotopic (exact) mass is 215 g/mol. The lowest BCUT2D eigenvalue weighted by molar-refractivity contribution is 0.106. The number of hydrogen-bond donors (Lipinski definition) is 1. The number of nitrogens with one attached hydrogen (secondary N) is 1. The Hall–Kier alpha value is -1.16. The Kier molecular flexibility index (Phi) is 4.03. The van der Waals surface area contributed by atoms with Gasteiger partial charge in [-0.25, -0.2) is 8.78 Å². The van der Waals surface area contributed by atoms with Crippen LogP contribution < -0.4 is 5.32 Å². The van der Waals surface area contributed by atoms with Crippen LogP contribution in [0.15, 0.2) is 18.2 Å². The van der Waals surface area contributed by atoms with Crippen molar-refractivity contribution in [3.8, 4) is 0 Å². The van der Waals surface area contributed by atoms with Gasteiger partial charge < -0.3 is 10.1 Å². The molecule has 2 unspecified atom stereocenters. The first kappa shape index (κ1) is 11.9. The summed E-state index contributed by atoms with van der Waals surface area (Å²) in [5.74, 6) is -1.18. The molecule has 0 fully saturated rings. The van der Waals surface area contributed by atoms with Gasteiger partial charge >= 0.3 is 0 Å². The van der Waals surface area contributed by atoms with Gasteiger partial charge in [-0.1, -0.05) is 6.07 Å². The average molecular weight is 215 g/mol. The number of benzene rings is 1. The van der Waals surface area contributed by atoms with Crippen molar-refractivity contribution in [3.05, 3.63) is 29.8 Å². The molecule has 2 atom stereocenters. The van der Waals surface area contributed by atoms with E-state index in [1.54, 1.807) is 14.0 Å². The van der Waals surface area contributed by atoms with E-state index in [9.17, 15) is 8.78 Å². The Labute approximate surface area is 88.3 Å². The Balaban J connectivity index is 2.80. The zero-order valence-electron chi connectivity index (χ0n) is 9.05. The van der Waals surface area contributed by atoms with Crippen molar-refractivity contribution in [2.75, 3.05) is 12.4 Å². The van der Waals surface area contributed by atoms with E-state index in [0.717, 1.165) is 0 Å². The number of methoxy groups -OCH3 is 1. The van der Waals surface area contributed by atoms with E-state index in [4.69, 9.17) is 4.74 Å². The first-order valence-electron chi connectivity index (χ1n) is 4.79. The summed E-state index contributed by atoms with van der Waals surface area (Å²) >= 11 is 0. The zero-order valence-corrected chi connectivity index (χ0v) is 9.05. The number of anilines is 1. The van der Waals surface area contributed by atoms with Gasteiger partial charge in [0.25, 0.3) is 0 Å². The third-order valence-corrected chi connectivity index (χ3v) is 2.41. The molecule has 1 rings (SSSR count). The maximum atomic E-state index is 13.2. The van der Waals surface area contributed by atoms with Crippen LogP contribution in [0, 0.1) is 11.6 Å². The van der Waals surface area contributed by atoms with Gasteiger partial charge in [0.05, 0.1) is 6.10 Å². The van der Waals surface area contributed by atoms with Crippen LogP contribution in [-0.4, -0.2) is 19.3 Å². The number of halogens is 2. The largest absolute Gasteiger partial charge is 0.380 e. The molecule has 0 amide bonds. The molecule has 0 heterocycles. The van der Waals surface area contributed by atoms with E-state index < -0.39 is 11.6 Å². The van der Waals surface area contributed by atoms with Crippen LogP contribution in [0.25, 0.3) is 0 Å². The lowest BCUT2D eigenvalue weighted by Crippen LogP contribution is -2.30. The summed E-state index contributed by atoms with van der Waals surface area (Å²) in [6.45, 7) is 3.64. The van der Waals surface area contributed by atoms with E-state index in [-0.39, 0.29) is 17.8 Å². The smallest absolute Gasteiger partial charge is 0.149 e. The van der Waals surface area contributed by atoms with Gasteiger partial charge in [0.1, 0.15) is 17.3 Å². The summed E-state index contributed by atoms with van der Waals surface area (Å²) in [6.07, 6.45) is -0.121. The molecule has 0 aliphatic carbocycles. The molecule has 0 bridgehead atoms. The highest BCUT2D eigenvalue weighted by Crippen LogP contribution is 2.19. The van der Waals surface area contributed by atoms with E-state index in [1.165, 1.54) is 18.2 Å². The molecule has 0 aromatic heterocycles. The van der Waals surface area contributed by atoms with Crippen LogP contribution in [0.4, 0.5) is 14.5 Å². The fraction of sp³-hybridized carbons (Fsp3) is 0.455. The van der Waals surface area contributed by atoms with Crippen LogP contribution in [0.1, 0.15) is 13.8 Å². The first-order chi connectivity index (χ1) is 7.06. The minimum Gasteiger partial charge on any atom is -0.380 e. The summed E-state index contributed by atoms with van der Waals surface area (Å²) in [5, 5.41) is 2.75. The molecule has 1 aromatic carbocycles. The lowest BCUT2D eigenvalue weighted by Gasteiger charge is -2.21. The van der Waals surface area contributed by atoms with E-state index >= 15 is 0 Å². The molecule has 15 heavy (non-hydrogen) atoms. The number of rotatable bonds is 4. The van der Waals surface area contributed by atoms with E-state index in [1.807, 2.05) is 6.92 Å². The van der Waals surface area contributed by atoms with Crippen LogP contribution in [0.3, 0.4) is 0 Å². The van der Waals surface area contributed by atoms with Gasteiger partial charge in [0.15, 0.2) is 0 Å².